The number of carbonyl (C=O) groups excluding carboxylic acids is 1. The van der Waals surface area contributed by atoms with Gasteiger partial charge in [-0.25, -0.2) is 0 Å². The summed E-state index contributed by atoms with van der Waals surface area (Å²) >= 11 is 0. The van der Waals surface area contributed by atoms with Crippen LogP contribution in [0.2, 0.25) is 0 Å². The molecule has 94 valence electrons. The number of rotatable bonds is 1. The number of aromatic nitrogens is 1. The molecule has 0 spiro atoms. The smallest absolute Gasteiger partial charge is 0.195 e. The van der Waals surface area contributed by atoms with Gasteiger partial charge >= 0.3 is 0 Å². The van der Waals surface area contributed by atoms with Gasteiger partial charge in [-0.2, -0.15) is 0 Å². The monoisotopic (exact) mass is 257 g/mol. The van der Waals surface area contributed by atoms with Gasteiger partial charge in [-0.05, 0) is 35.4 Å². The van der Waals surface area contributed by atoms with Crippen molar-refractivity contribution in [2.75, 3.05) is 0 Å². The third kappa shape index (κ3) is 1.51. The largest absolute Gasteiger partial charge is 0.289 e. The van der Waals surface area contributed by atoms with Crippen LogP contribution in [0.25, 0.3) is 22.4 Å². The van der Waals surface area contributed by atoms with Crippen LogP contribution in [0.1, 0.15) is 15.9 Å². The number of hydrogen-bond donors (Lipinski definition) is 0. The minimum atomic E-state index is 0.0720. The first-order valence-corrected chi connectivity index (χ1v) is 6.54. The molecule has 20 heavy (non-hydrogen) atoms. The lowest BCUT2D eigenvalue weighted by atomic mass is 10.00. The van der Waals surface area contributed by atoms with E-state index in [-0.39, 0.29) is 5.78 Å². The zero-order chi connectivity index (χ0) is 13.5. The molecule has 0 bridgehead atoms. The molecule has 2 nitrogen and oxygen atoms in total. The number of ketones is 1. The summed E-state index contributed by atoms with van der Waals surface area (Å²) in [5.41, 5.74) is 5.44. The number of pyridine rings is 1. The van der Waals surface area contributed by atoms with E-state index < -0.39 is 0 Å². The third-order valence-corrected chi connectivity index (χ3v) is 3.68. The Kier molecular flexibility index (Phi) is 2.30. The molecule has 0 amide bonds. The summed E-state index contributed by atoms with van der Waals surface area (Å²) in [7, 11) is 0. The van der Waals surface area contributed by atoms with Gasteiger partial charge in [-0.1, -0.05) is 36.4 Å². The van der Waals surface area contributed by atoms with E-state index in [0.29, 0.717) is 5.56 Å². The van der Waals surface area contributed by atoms with E-state index in [1.54, 1.807) is 12.3 Å². The van der Waals surface area contributed by atoms with Crippen LogP contribution in [0.3, 0.4) is 0 Å². The quantitative estimate of drug-likeness (QED) is 0.516. The average molecular weight is 257 g/mol. The van der Waals surface area contributed by atoms with Crippen molar-refractivity contribution in [1.82, 2.24) is 4.98 Å². The molecule has 1 aliphatic rings. The Morgan fingerprint density at radius 3 is 2.40 bits per heavy atom. The molecule has 0 saturated carbocycles. The molecule has 1 aromatic heterocycles. The molecule has 2 heteroatoms. The Labute approximate surface area is 116 Å². The summed E-state index contributed by atoms with van der Waals surface area (Å²) in [5, 5.41) is 0. The van der Waals surface area contributed by atoms with Crippen molar-refractivity contribution in [2.45, 2.75) is 0 Å². The van der Waals surface area contributed by atoms with Crippen molar-refractivity contribution in [3.63, 3.8) is 0 Å². The number of fused-ring (bicyclic) bond motifs is 3. The van der Waals surface area contributed by atoms with Gasteiger partial charge in [0, 0.05) is 22.9 Å². The molecular formula is C18H11NO. The van der Waals surface area contributed by atoms with Gasteiger partial charge in [0.2, 0.25) is 0 Å². The maximum Gasteiger partial charge on any atom is 0.195 e. The molecule has 0 saturated heterocycles. The van der Waals surface area contributed by atoms with Gasteiger partial charge in [0.1, 0.15) is 0 Å². The van der Waals surface area contributed by atoms with E-state index in [0.717, 1.165) is 27.9 Å². The number of hydrogen-bond acceptors (Lipinski definition) is 2. The molecule has 0 unspecified atom stereocenters. The van der Waals surface area contributed by atoms with E-state index in [9.17, 15) is 4.79 Å². The molecule has 2 aromatic carbocycles. The van der Waals surface area contributed by atoms with Crippen molar-refractivity contribution in [3.8, 4) is 22.4 Å². The number of carbonyl (C=O) groups is 1. The second-order valence-corrected chi connectivity index (χ2v) is 4.86. The highest BCUT2D eigenvalue weighted by atomic mass is 16.1. The van der Waals surface area contributed by atoms with Gasteiger partial charge in [-0.3, -0.25) is 9.78 Å². The van der Waals surface area contributed by atoms with Crippen molar-refractivity contribution in [3.05, 3.63) is 78.0 Å². The van der Waals surface area contributed by atoms with Gasteiger partial charge < -0.3 is 0 Å². The summed E-state index contributed by atoms with van der Waals surface area (Å²) in [5.74, 6) is 0.0720. The average Bonchev–Trinajstić information content (AvgIpc) is 2.81. The highest BCUT2D eigenvalue weighted by molar-refractivity contribution is 6.21. The fourth-order valence-corrected chi connectivity index (χ4v) is 2.70. The van der Waals surface area contributed by atoms with Crippen LogP contribution >= 0.6 is 0 Å². The van der Waals surface area contributed by atoms with Crippen LogP contribution in [0.15, 0.2) is 66.9 Å². The highest BCUT2D eigenvalue weighted by Gasteiger charge is 2.27. The van der Waals surface area contributed by atoms with Gasteiger partial charge in [0.15, 0.2) is 5.78 Å². The SMILES string of the molecule is O=C1c2ccc(-c3ccccc3)cc2-c2ncccc21. The summed E-state index contributed by atoms with van der Waals surface area (Å²) in [6.45, 7) is 0. The van der Waals surface area contributed by atoms with Crippen LogP contribution < -0.4 is 0 Å². The first-order chi connectivity index (χ1) is 9.84. The van der Waals surface area contributed by atoms with Crippen LogP contribution in [0, 0.1) is 0 Å². The van der Waals surface area contributed by atoms with Crippen LogP contribution in [-0.2, 0) is 0 Å². The Balaban J connectivity index is 1.94. The fourth-order valence-electron chi connectivity index (χ4n) is 2.70. The van der Waals surface area contributed by atoms with Crippen molar-refractivity contribution in [2.24, 2.45) is 0 Å². The van der Waals surface area contributed by atoms with E-state index in [4.69, 9.17) is 0 Å². The number of nitrogens with zero attached hydrogens (tertiary/aromatic N) is 1. The molecule has 1 heterocycles. The molecule has 1 aliphatic carbocycles. The topological polar surface area (TPSA) is 30.0 Å². The first-order valence-electron chi connectivity index (χ1n) is 6.54. The van der Waals surface area contributed by atoms with E-state index in [1.807, 2.05) is 36.4 Å². The maximum absolute atomic E-state index is 12.3. The second-order valence-electron chi connectivity index (χ2n) is 4.86. The van der Waals surface area contributed by atoms with Crippen LogP contribution in [-0.4, -0.2) is 10.8 Å². The molecule has 0 atom stereocenters. The Hall–Kier alpha value is -2.74. The minimum absolute atomic E-state index is 0.0720. The second kappa shape index (κ2) is 4.14. The van der Waals surface area contributed by atoms with Gasteiger partial charge in [0.25, 0.3) is 0 Å². The molecule has 0 N–H and O–H groups in total. The Morgan fingerprint density at radius 2 is 1.55 bits per heavy atom. The van der Waals surface area contributed by atoms with Crippen molar-refractivity contribution < 1.29 is 4.79 Å². The lowest BCUT2D eigenvalue weighted by Gasteiger charge is -2.04. The van der Waals surface area contributed by atoms with Crippen LogP contribution in [0.4, 0.5) is 0 Å². The van der Waals surface area contributed by atoms with Crippen molar-refractivity contribution >= 4 is 5.78 Å². The molecule has 0 fully saturated rings. The zero-order valence-electron chi connectivity index (χ0n) is 10.7. The molecular weight excluding hydrogens is 246 g/mol. The van der Waals surface area contributed by atoms with Gasteiger partial charge in [0.05, 0.1) is 5.69 Å². The number of benzene rings is 2. The van der Waals surface area contributed by atoms with E-state index in [1.165, 1.54) is 0 Å². The van der Waals surface area contributed by atoms with Gasteiger partial charge in [-0.15, -0.1) is 0 Å². The highest BCUT2D eigenvalue weighted by Crippen LogP contribution is 2.37. The minimum Gasteiger partial charge on any atom is -0.289 e. The Morgan fingerprint density at radius 1 is 0.700 bits per heavy atom. The van der Waals surface area contributed by atoms with E-state index >= 15 is 0 Å². The Bertz CT molecular complexity index is 822. The van der Waals surface area contributed by atoms with Crippen molar-refractivity contribution in [1.29, 1.82) is 0 Å². The predicted molar refractivity (Wildman–Crippen MR) is 78.5 cm³/mol. The summed E-state index contributed by atoms with van der Waals surface area (Å²) in [6, 6.07) is 19.8. The summed E-state index contributed by atoms with van der Waals surface area (Å²) < 4.78 is 0. The predicted octanol–water partition coefficient (Wildman–Crippen LogP) is 3.96. The molecule has 4 rings (SSSR count). The molecule has 3 aromatic rings. The first kappa shape index (κ1) is 11.1. The third-order valence-electron chi connectivity index (χ3n) is 3.68. The van der Waals surface area contributed by atoms with Crippen LogP contribution in [0.5, 0.6) is 0 Å². The molecule has 0 radical (unpaired) electrons. The maximum atomic E-state index is 12.3. The molecule has 0 aliphatic heterocycles. The summed E-state index contributed by atoms with van der Waals surface area (Å²) in [6.07, 6.45) is 1.73. The summed E-state index contributed by atoms with van der Waals surface area (Å²) in [4.78, 5) is 16.7. The lowest BCUT2D eigenvalue weighted by molar-refractivity contribution is 0.104. The standard InChI is InChI=1S/C18H11NO/c20-18-14-9-8-13(12-5-2-1-3-6-12)11-16(14)17-15(18)7-4-10-19-17/h1-11H. The normalized spacial score (nSPS) is 12.1. The zero-order valence-corrected chi connectivity index (χ0v) is 10.7. The van der Waals surface area contributed by atoms with E-state index in [2.05, 4.69) is 23.2 Å². The fraction of sp³-hybridized carbons (Fsp3) is 0. The lowest BCUT2D eigenvalue weighted by Crippen LogP contribution is -1.94.